The molecule has 0 unspecified atom stereocenters. The van der Waals surface area contributed by atoms with Crippen LogP contribution in [0.5, 0.6) is 0 Å². The van der Waals surface area contributed by atoms with Gasteiger partial charge in [-0.2, -0.15) is 0 Å². The summed E-state index contributed by atoms with van der Waals surface area (Å²) in [5, 5.41) is 5.79. The molecule has 0 nitrogen and oxygen atoms in total. The molecule has 0 fully saturated rings. The molecule has 0 bridgehead atoms. The van der Waals surface area contributed by atoms with Gasteiger partial charge in [-0.3, -0.25) is 0 Å². The van der Waals surface area contributed by atoms with Crippen molar-refractivity contribution >= 4 is 21.5 Å². The standard InChI is InChI=1S/C29H37.2ClH.Zr/c1-26(2)9-11-28(5,6)24-16-20-18(14-22(24)26)13-19-15-23-25(17-21(19)20)29(7,8)12-10-27(23,3)4;;;/h13-17H,9-12H2,1-8H3;2*1H;/q-1;;;+3/p-2. The number of hydrogen-bond acceptors (Lipinski definition) is 0. The van der Waals surface area contributed by atoms with Gasteiger partial charge in [0.05, 0.1) is 0 Å². The molecule has 171 valence electrons. The molecule has 5 rings (SSSR count). The first-order valence-corrected chi connectivity index (χ1v) is 11.6. The van der Waals surface area contributed by atoms with E-state index in [1.807, 2.05) is 0 Å². The number of rotatable bonds is 0. The smallest absolute Gasteiger partial charge is 1.00 e. The minimum atomic E-state index is 0. The van der Waals surface area contributed by atoms with Crippen LogP contribution in [0.15, 0.2) is 30.3 Å². The van der Waals surface area contributed by atoms with Crippen molar-refractivity contribution in [2.45, 2.75) is 103 Å². The van der Waals surface area contributed by atoms with E-state index in [9.17, 15) is 0 Å². The van der Waals surface area contributed by atoms with E-state index in [0.29, 0.717) is 0 Å². The molecule has 2 aliphatic carbocycles. The largest absolute Gasteiger partial charge is 3.00 e. The molecular formula is C29H37Cl2Zr. The molecule has 0 saturated heterocycles. The summed E-state index contributed by atoms with van der Waals surface area (Å²) in [6.45, 7) is 19.5. The predicted octanol–water partition coefficient (Wildman–Crippen LogP) is 2.42. The van der Waals surface area contributed by atoms with E-state index in [-0.39, 0.29) is 72.7 Å². The number of halogens is 2. The molecular weight excluding hydrogens is 510 g/mol. The second-order valence-electron chi connectivity index (χ2n) is 12.6. The van der Waals surface area contributed by atoms with Crippen LogP contribution in [-0.2, 0) is 47.9 Å². The molecule has 3 aromatic carbocycles. The van der Waals surface area contributed by atoms with Crippen molar-refractivity contribution in [1.82, 2.24) is 0 Å². The van der Waals surface area contributed by atoms with Crippen LogP contribution in [0.25, 0.3) is 21.5 Å². The molecule has 0 N–H and O–H groups in total. The number of fused-ring (bicyclic) bond motifs is 5. The fraction of sp³-hybridized carbons (Fsp3) is 0.552. The first-order chi connectivity index (χ1) is 13.3. The third kappa shape index (κ3) is 4.08. The first-order valence-electron chi connectivity index (χ1n) is 11.6. The Morgan fingerprint density at radius 2 is 0.750 bits per heavy atom. The molecule has 0 aliphatic heterocycles. The summed E-state index contributed by atoms with van der Waals surface area (Å²) < 4.78 is 0. The van der Waals surface area contributed by atoms with Crippen molar-refractivity contribution in [2.24, 2.45) is 0 Å². The van der Waals surface area contributed by atoms with E-state index < -0.39 is 0 Å². The van der Waals surface area contributed by atoms with Gasteiger partial charge in [-0.15, -0.1) is 39.7 Å². The van der Waals surface area contributed by atoms with Crippen LogP contribution in [0.2, 0.25) is 0 Å². The minimum absolute atomic E-state index is 0. The van der Waals surface area contributed by atoms with Gasteiger partial charge in [-0.25, -0.2) is 0 Å². The van der Waals surface area contributed by atoms with Gasteiger partial charge in [0.1, 0.15) is 0 Å². The maximum Gasteiger partial charge on any atom is 3.00 e. The summed E-state index contributed by atoms with van der Waals surface area (Å²) in [6.07, 6.45) is 5.09. The first kappa shape index (κ1) is 28.0. The van der Waals surface area contributed by atoms with Crippen LogP contribution in [-0.4, -0.2) is 0 Å². The Hall–Kier alpha value is -0.227. The monoisotopic (exact) mass is 545 g/mol. The number of benzene rings is 2. The maximum atomic E-state index is 2.56. The van der Waals surface area contributed by atoms with Gasteiger partial charge in [-0.05, 0) is 47.3 Å². The molecule has 3 aromatic rings. The van der Waals surface area contributed by atoms with Gasteiger partial charge in [0.2, 0.25) is 0 Å². The van der Waals surface area contributed by atoms with E-state index >= 15 is 0 Å². The second kappa shape index (κ2) is 8.46. The van der Waals surface area contributed by atoms with Crippen molar-refractivity contribution < 1.29 is 51.0 Å². The normalized spacial score (nSPS) is 21.5. The van der Waals surface area contributed by atoms with Gasteiger partial charge in [-0.1, -0.05) is 89.8 Å². The molecule has 32 heavy (non-hydrogen) atoms. The van der Waals surface area contributed by atoms with E-state index in [2.05, 4.69) is 85.7 Å². The zero-order valence-corrected chi connectivity index (χ0v) is 24.9. The Kier molecular flexibility index (Phi) is 7.41. The van der Waals surface area contributed by atoms with Gasteiger partial charge >= 0.3 is 26.2 Å². The molecule has 0 atom stereocenters. The van der Waals surface area contributed by atoms with Crippen LogP contribution in [0.3, 0.4) is 0 Å². The zero-order chi connectivity index (χ0) is 21.0. The molecule has 3 heteroatoms. The van der Waals surface area contributed by atoms with E-state index in [0.717, 1.165) is 0 Å². The minimum Gasteiger partial charge on any atom is -1.00 e. The van der Waals surface area contributed by atoms with Crippen LogP contribution in [0, 0.1) is 0 Å². The average molecular weight is 548 g/mol. The van der Waals surface area contributed by atoms with Crippen LogP contribution in [0.4, 0.5) is 0 Å². The third-order valence-electron chi connectivity index (χ3n) is 8.65. The van der Waals surface area contributed by atoms with Gasteiger partial charge in [0.25, 0.3) is 0 Å². The van der Waals surface area contributed by atoms with Gasteiger partial charge < -0.3 is 24.8 Å². The Morgan fingerprint density at radius 1 is 0.500 bits per heavy atom. The topological polar surface area (TPSA) is 0 Å². The molecule has 0 spiro atoms. The van der Waals surface area contributed by atoms with Gasteiger partial charge in [0, 0.05) is 0 Å². The summed E-state index contributed by atoms with van der Waals surface area (Å²) in [7, 11) is 0. The maximum absolute atomic E-state index is 2.56. The Labute approximate surface area is 226 Å². The van der Waals surface area contributed by atoms with Crippen molar-refractivity contribution in [3.63, 3.8) is 0 Å². The fourth-order valence-corrected chi connectivity index (χ4v) is 6.13. The van der Waals surface area contributed by atoms with Crippen molar-refractivity contribution in [2.75, 3.05) is 0 Å². The number of hydrogen-bond donors (Lipinski definition) is 0. The van der Waals surface area contributed by atoms with E-state index in [1.165, 1.54) is 47.2 Å². The summed E-state index contributed by atoms with van der Waals surface area (Å²) in [4.78, 5) is 0. The summed E-state index contributed by atoms with van der Waals surface area (Å²) in [5.74, 6) is 0. The Morgan fingerprint density at radius 3 is 1.03 bits per heavy atom. The van der Waals surface area contributed by atoms with Crippen molar-refractivity contribution in [3.05, 3.63) is 52.6 Å². The fourth-order valence-electron chi connectivity index (χ4n) is 6.13. The summed E-state index contributed by atoms with van der Waals surface area (Å²) >= 11 is 0. The third-order valence-corrected chi connectivity index (χ3v) is 8.65. The van der Waals surface area contributed by atoms with Crippen LogP contribution >= 0.6 is 0 Å². The second-order valence-corrected chi connectivity index (χ2v) is 12.6. The van der Waals surface area contributed by atoms with Crippen molar-refractivity contribution in [1.29, 1.82) is 0 Å². The van der Waals surface area contributed by atoms with Crippen LogP contribution < -0.4 is 24.8 Å². The summed E-state index contributed by atoms with van der Waals surface area (Å²) in [6, 6.07) is 12.6. The molecule has 0 saturated carbocycles. The quantitative estimate of drug-likeness (QED) is 0.380. The summed E-state index contributed by atoms with van der Waals surface area (Å²) in [5.41, 5.74) is 7.36. The average Bonchev–Trinajstić information content (AvgIpc) is 2.98. The van der Waals surface area contributed by atoms with Crippen molar-refractivity contribution in [3.8, 4) is 0 Å². The Bertz CT molecular complexity index is 1070. The van der Waals surface area contributed by atoms with Crippen LogP contribution in [0.1, 0.15) is 103 Å². The predicted molar refractivity (Wildman–Crippen MR) is 128 cm³/mol. The Balaban J connectivity index is 0.00000121. The van der Waals surface area contributed by atoms with E-state index in [1.54, 1.807) is 22.3 Å². The SMILES string of the molecule is CC1(C)CCC(C)(C)c2cc3c(cc21)[cH-]c1cc2c(cc13)C(C)(C)CCC2(C)C.[Cl-].[Cl-].[Zr+3]. The molecule has 0 heterocycles. The zero-order valence-electron chi connectivity index (χ0n) is 21.0. The van der Waals surface area contributed by atoms with E-state index in [4.69, 9.17) is 0 Å². The molecule has 1 radical (unpaired) electrons. The molecule has 0 aromatic heterocycles. The molecule has 0 amide bonds. The van der Waals surface area contributed by atoms with Gasteiger partial charge in [0.15, 0.2) is 0 Å². The molecule has 2 aliphatic rings.